The van der Waals surface area contributed by atoms with Crippen LogP contribution in [0.3, 0.4) is 0 Å². The molecular formula is C16H25NO. The highest BCUT2D eigenvalue weighted by Crippen LogP contribution is 2.40. The zero-order chi connectivity index (χ0) is 12.8. The van der Waals surface area contributed by atoms with Crippen LogP contribution in [0.1, 0.15) is 44.6 Å². The van der Waals surface area contributed by atoms with Crippen molar-refractivity contribution < 1.29 is 4.74 Å². The maximum atomic E-state index is 5.65. The summed E-state index contributed by atoms with van der Waals surface area (Å²) in [5.41, 5.74) is 1.83. The summed E-state index contributed by atoms with van der Waals surface area (Å²) in [7, 11) is 2.05. The van der Waals surface area contributed by atoms with Gasteiger partial charge in [0.15, 0.2) is 0 Å². The van der Waals surface area contributed by atoms with Gasteiger partial charge in [-0.1, -0.05) is 31.9 Å². The molecule has 1 aromatic carbocycles. The first kappa shape index (κ1) is 13.4. The summed E-state index contributed by atoms with van der Waals surface area (Å²) in [5, 5.41) is 3.37. The molecule has 0 bridgehead atoms. The minimum atomic E-state index is 0.359. The Balaban J connectivity index is 2.11. The monoisotopic (exact) mass is 247 g/mol. The van der Waals surface area contributed by atoms with Gasteiger partial charge in [-0.2, -0.15) is 0 Å². The van der Waals surface area contributed by atoms with Gasteiger partial charge in [0, 0.05) is 12.0 Å². The molecule has 1 aliphatic carbocycles. The molecule has 0 atom stereocenters. The SMILES string of the molecule is CCCOc1ccc(C2(CNC)CCCC2)cc1. The second kappa shape index (κ2) is 6.24. The van der Waals surface area contributed by atoms with Crippen LogP contribution in [0.2, 0.25) is 0 Å². The topological polar surface area (TPSA) is 21.3 Å². The van der Waals surface area contributed by atoms with Gasteiger partial charge in [-0.15, -0.1) is 0 Å². The number of ether oxygens (including phenoxy) is 1. The second-order valence-electron chi connectivity index (χ2n) is 5.39. The third-order valence-corrected chi connectivity index (χ3v) is 4.02. The van der Waals surface area contributed by atoms with Gasteiger partial charge in [-0.25, -0.2) is 0 Å². The van der Waals surface area contributed by atoms with Gasteiger partial charge in [0.05, 0.1) is 6.61 Å². The maximum absolute atomic E-state index is 5.65. The molecule has 1 N–H and O–H groups in total. The van der Waals surface area contributed by atoms with Gasteiger partial charge in [-0.05, 0) is 44.0 Å². The van der Waals surface area contributed by atoms with E-state index in [1.807, 2.05) is 0 Å². The normalized spacial score (nSPS) is 17.9. The van der Waals surface area contributed by atoms with Crippen molar-refractivity contribution in [1.29, 1.82) is 0 Å². The summed E-state index contributed by atoms with van der Waals surface area (Å²) < 4.78 is 5.65. The van der Waals surface area contributed by atoms with Crippen LogP contribution < -0.4 is 10.1 Å². The average Bonchev–Trinajstić information content (AvgIpc) is 2.87. The van der Waals surface area contributed by atoms with E-state index in [4.69, 9.17) is 4.74 Å². The summed E-state index contributed by atoms with van der Waals surface area (Å²) in [6.07, 6.45) is 6.39. The van der Waals surface area contributed by atoms with E-state index in [2.05, 4.69) is 43.6 Å². The quantitative estimate of drug-likeness (QED) is 0.830. The Kier molecular flexibility index (Phi) is 4.65. The summed E-state index contributed by atoms with van der Waals surface area (Å²) in [4.78, 5) is 0. The summed E-state index contributed by atoms with van der Waals surface area (Å²) >= 11 is 0. The number of likely N-dealkylation sites (N-methyl/N-ethyl adjacent to an activating group) is 1. The van der Waals surface area contributed by atoms with Crippen molar-refractivity contribution >= 4 is 0 Å². The molecule has 1 aliphatic rings. The molecule has 0 unspecified atom stereocenters. The van der Waals surface area contributed by atoms with Crippen molar-refractivity contribution in [2.45, 2.75) is 44.4 Å². The van der Waals surface area contributed by atoms with E-state index in [9.17, 15) is 0 Å². The first-order valence-corrected chi connectivity index (χ1v) is 7.19. The lowest BCUT2D eigenvalue weighted by atomic mass is 9.79. The molecule has 0 heterocycles. The molecule has 0 aromatic heterocycles. The number of benzene rings is 1. The largest absolute Gasteiger partial charge is 0.494 e. The van der Waals surface area contributed by atoms with Gasteiger partial charge in [0.1, 0.15) is 5.75 Å². The molecule has 0 amide bonds. The third-order valence-electron chi connectivity index (χ3n) is 4.02. The minimum absolute atomic E-state index is 0.359. The number of hydrogen-bond donors (Lipinski definition) is 1. The van der Waals surface area contributed by atoms with Crippen LogP contribution in [0.25, 0.3) is 0 Å². The van der Waals surface area contributed by atoms with Crippen LogP contribution in [0, 0.1) is 0 Å². The van der Waals surface area contributed by atoms with Crippen molar-refractivity contribution in [2.75, 3.05) is 20.2 Å². The van der Waals surface area contributed by atoms with E-state index in [-0.39, 0.29) is 0 Å². The predicted molar refractivity (Wildman–Crippen MR) is 76.3 cm³/mol. The Labute approximate surface area is 111 Å². The Hall–Kier alpha value is -1.02. The van der Waals surface area contributed by atoms with E-state index in [0.29, 0.717) is 5.41 Å². The molecule has 0 aliphatic heterocycles. The molecular weight excluding hydrogens is 222 g/mol. The molecule has 2 rings (SSSR count). The standard InChI is InChI=1S/C16H25NO/c1-3-12-18-15-8-6-14(7-9-15)16(13-17-2)10-4-5-11-16/h6-9,17H,3-5,10-13H2,1-2H3. The molecule has 0 spiro atoms. The Morgan fingerprint density at radius 3 is 2.39 bits per heavy atom. The molecule has 0 saturated heterocycles. The van der Waals surface area contributed by atoms with Gasteiger partial charge < -0.3 is 10.1 Å². The number of nitrogens with one attached hydrogen (secondary N) is 1. The average molecular weight is 247 g/mol. The summed E-state index contributed by atoms with van der Waals surface area (Å²) in [5.74, 6) is 0.998. The molecule has 2 heteroatoms. The van der Waals surface area contributed by atoms with E-state index in [1.54, 1.807) is 0 Å². The van der Waals surface area contributed by atoms with Gasteiger partial charge >= 0.3 is 0 Å². The second-order valence-corrected chi connectivity index (χ2v) is 5.39. The fourth-order valence-corrected chi connectivity index (χ4v) is 3.08. The lowest BCUT2D eigenvalue weighted by molar-refractivity contribution is 0.317. The van der Waals surface area contributed by atoms with Crippen LogP contribution in [-0.4, -0.2) is 20.2 Å². The Morgan fingerprint density at radius 2 is 1.83 bits per heavy atom. The maximum Gasteiger partial charge on any atom is 0.119 e. The molecule has 18 heavy (non-hydrogen) atoms. The zero-order valence-corrected chi connectivity index (χ0v) is 11.7. The van der Waals surface area contributed by atoms with E-state index >= 15 is 0 Å². The van der Waals surface area contributed by atoms with Crippen LogP contribution in [0.4, 0.5) is 0 Å². The van der Waals surface area contributed by atoms with Gasteiger partial charge in [0.25, 0.3) is 0 Å². The fraction of sp³-hybridized carbons (Fsp3) is 0.625. The fourth-order valence-electron chi connectivity index (χ4n) is 3.08. The highest BCUT2D eigenvalue weighted by molar-refractivity contribution is 5.33. The van der Waals surface area contributed by atoms with Crippen molar-refractivity contribution in [3.8, 4) is 5.75 Å². The lowest BCUT2D eigenvalue weighted by Gasteiger charge is -2.29. The van der Waals surface area contributed by atoms with Crippen LogP contribution in [0.15, 0.2) is 24.3 Å². The van der Waals surface area contributed by atoms with Crippen LogP contribution in [-0.2, 0) is 5.41 Å². The Bertz CT molecular complexity index is 352. The molecule has 100 valence electrons. The predicted octanol–water partition coefficient (Wildman–Crippen LogP) is 3.51. The van der Waals surface area contributed by atoms with Crippen LogP contribution in [0.5, 0.6) is 5.75 Å². The van der Waals surface area contributed by atoms with Crippen molar-refractivity contribution in [3.05, 3.63) is 29.8 Å². The smallest absolute Gasteiger partial charge is 0.119 e. The van der Waals surface area contributed by atoms with Gasteiger partial charge in [-0.3, -0.25) is 0 Å². The van der Waals surface area contributed by atoms with Crippen LogP contribution >= 0.6 is 0 Å². The molecule has 1 fully saturated rings. The Morgan fingerprint density at radius 1 is 1.17 bits per heavy atom. The summed E-state index contributed by atoms with van der Waals surface area (Å²) in [6, 6.07) is 8.77. The highest BCUT2D eigenvalue weighted by atomic mass is 16.5. The minimum Gasteiger partial charge on any atom is -0.494 e. The van der Waals surface area contributed by atoms with Crippen molar-refractivity contribution in [3.63, 3.8) is 0 Å². The highest BCUT2D eigenvalue weighted by Gasteiger charge is 2.34. The van der Waals surface area contributed by atoms with E-state index in [0.717, 1.165) is 25.3 Å². The van der Waals surface area contributed by atoms with Crippen molar-refractivity contribution in [2.24, 2.45) is 0 Å². The molecule has 0 radical (unpaired) electrons. The first-order valence-electron chi connectivity index (χ1n) is 7.19. The van der Waals surface area contributed by atoms with E-state index < -0.39 is 0 Å². The lowest BCUT2D eigenvalue weighted by Crippen LogP contribution is -2.34. The van der Waals surface area contributed by atoms with E-state index in [1.165, 1.54) is 31.2 Å². The zero-order valence-electron chi connectivity index (χ0n) is 11.7. The first-order chi connectivity index (χ1) is 8.80. The molecule has 1 saturated carbocycles. The molecule has 2 nitrogen and oxygen atoms in total. The summed E-state index contributed by atoms with van der Waals surface area (Å²) in [6.45, 7) is 4.03. The van der Waals surface area contributed by atoms with Crippen molar-refractivity contribution in [1.82, 2.24) is 5.32 Å². The number of hydrogen-bond acceptors (Lipinski definition) is 2. The third kappa shape index (κ3) is 2.86. The molecule has 1 aromatic rings. The van der Waals surface area contributed by atoms with Gasteiger partial charge in [0.2, 0.25) is 0 Å². The number of rotatable bonds is 6.